The van der Waals surface area contributed by atoms with E-state index in [9.17, 15) is 13.6 Å². The van der Waals surface area contributed by atoms with Crippen LogP contribution in [0.25, 0.3) is 6.08 Å². The maximum Gasteiger partial charge on any atom is 0.189 e. The molecule has 140 valence electrons. The van der Waals surface area contributed by atoms with Crippen molar-refractivity contribution < 1.29 is 23.0 Å². The summed E-state index contributed by atoms with van der Waals surface area (Å²) in [5, 5.41) is 0. The Morgan fingerprint density at radius 3 is 2.63 bits per heavy atom. The summed E-state index contributed by atoms with van der Waals surface area (Å²) in [6.07, 6.45) is 1.91. The van der Waals surface area contributed by atoms with Gasteiger partial charge >= 0.3 is 0 Å². The number of allylic oxidation sites excluding steroid dienone is 1. The van der Waals surface area contributed by atoms with E-state index in [0.717, 1.165) is 30.4 Å². The molecular weight excluding hydrogens is 352 g/mol. The van der Waals surface area contributed by atoms with Crippen molar-refractivity contribution in [3.05, 3.63) is 64.2 Å². The summed E-state index contributed by atoms with van der Waals surface area (Å²) in [4.78, 5) is 15.0. The minimum Gasteiger partial charge on any atom is -0.495 e. The molecule has 1 aliphatic heterocycles. The summed E-state index contributed by atoms with van der Waals surface area (Å²) >= 11 is 0. The first-order chi connectivity index (χ1) is 13.1. The predicted molar refractivity (Wildman–Crippen MR) is 98.4 cm³/mol. The molecule has 0 aromatic heterocycles. The third-order valence-electron chi connectivity index (χ3n) is 4.97. The highest BCUT2D eigenvalue weighted by Gasteiger charge is 2.28. The number of anilines is 1. The van der Waals surface area contributed by atoms with Crippen LogP contribution in [0.3, 0.4) is 0 Å². The fourth-order valence-electron chi connectivity index (χ4n) is 3.57. The van der Waals surface area contributed by atoms with Gasteiger partial charge in [0.2, 0.25) is 0 Å². The average Bonchev–Trinajstić information content (AvgIpc) is 2.98. The number of ketones is 1. The lowest BCUT2D eigenvalue weighted by atomic mass is 10.1. The molecule has 2 aromatic rings. The van der Waals surface area contributed by atoms with E-state index in [-0.39, 0.29) is 11.3 Å². The molecule has 0 N–H and O–H groups in total. The molecule has 0 atom stereocenters. The van der Waals surface area contributed by atoms with E-state index in [4.69, 9.17) is 9.47 Å². The average molecular weight is 371 g/mol. The van der Waals surface area contributed by atoms with E-state index in [0.29, 0.717) is 36.5 Å². The number of carbonyl (C=O) groups excluding carboxylic acids is 1. The molecule has 1 fully saturated rings. The molecule has 27 heavy (non-hydrogen) atoms. The summed E-state index contributed by atoms with van der Waals surface area (Å²) in [7, 11) is 1.58. The van der Waals surface area contributed by atoms with Gasteiger partial charge in [0.1, 0.15) is 17.4 Å². The fraction of sp³-hybridized carbons (Fsp3) is 0.286. The van der Waals surface area contributed by atoms with E-state index in [1.165, 1.54) is 18.2 Å². The standard InChI is InChI=1S/C21H19F2NO3/c1-26-20-12-17-14(10-19(20)24-4-6-27-7-5-24)9-15(21(17)25)8-13-2-3-16(22)11-18(13)23/h2-3,8,10-12H,4-7,9H2,1H3. The molecule has 4 rings (SSSR count). The summed E-state index contributed by atoms with van der Waals surface area (Å²) in [5.41, 5.74) is 3.07. The number of fused-ring (bicyclic) bond motifs is 1. The third kappa shape index (κ3) is 3.32. The Bertz CT molecular complexity index is 933. The summed E-state index contributed by atoms with van der Waals surface area (Å²) < 4.78 is 38.0. The SMILES string of the molecule is COc1cc2c(cc1N1CCOCC1)CC(=Cc1ccc(F)cc1F)C2=O. The molecule has 0 saturated carbocycles. The maximum absolute atomic E-state index is 14.0. The molecule has 0 radical (unpaired) electrons. The maximum atomic E-state index is 14.0. The Hall–Kier alpha value is -2.73. The van der Waals surface area contributed by atoms with Gasteiger partial charge in [0.15, 0.2) is 5.78 Å². The van der Waals surface area contributed by atoms with Crippen LogP contribution in [0.2, 0.25) is 0 Å². The van der Waals surface area contributed by atoms with Gasteiger partial charge in [-0.2, -0.15) is 0 Å². The second kappa shape index (κ2) is 7.12. The van der Waals surface area contributed by atoms with Gasteiger partial charge in [-0.05, 0) is 35.9 Å². The van der Waals surface area contributed by atoms with Gasteiger partial charge in [-0.1, -0.05) is 0 Å². The second-order valence-corrected chi connectivity index (χ2v) is 6.62. The molecule has 2 aliphatic rings. The van der Waals surface area contributed by atoms with Crippen LogP contribution in [0.4, 0.5) is 14.5 Å². The molecule has 1 aliphatic carbocycles. The molecule has 0 spiro atoms. The first-order valence-electron chi connectivity index (χ1n) is 8.81. The zero-order chi connectivity index (χ0) is 19.0. The molecule has 2 aromatic carbocycles. The third-order valence-corrected chi connectivity index (χ3v) is 4.97. The van der Waals surface area contributed by atoms with Crippen LogP contribution in [-0.2, 0) is 11.2 Å². The number of methoxy groups -OCH3 is 1. The van der Waals surface area contributed by atoms with Crippen molar-refractivity contribution in [3.63, 3.8) is 0 Å². The largest absolute Gasteiger partial charge is 0.495 e. The molecule has 4 nitrogen and oxygen atoms in total. The first-order valence-corrected chi connectivity index (χ1v) is 8.81. The monoisotopic (exact) mass is 371 g/mol. The Morgan fingerprint density at radius 1 is 1.15 bits per heavy atom. The molecule has 0 amide bonds. The van der Waals surface area contributed by atoms with Gasteiger partial charge < -0.3 is 14.4 Å². The number of carbonyl (C=O) groups is 1. The van der Waals surface area contributed by atoms with Gasteiger partial charge in [-0.15, -0.1) is 0 Å². The Labute approximate surface area is 156 Å². The highest BCUT2D eigenvalue weighted by atomic mass is 19.1. The van der Waals surface area contributed by atoms with E-state index >= 15 is 0 Å². The minimum absolute atomic E-state index is 0.152. The highest BCUT2D eigenvalue weighted by Crippen LogP contribution is 2.38. The Balaban J connectivity index is 1.70. The molecule has 0 unspecified atom stereocenters. The van der Waals surface area contributed by atoms with E-state index in [2.05, 4.69) is 4.90 Å². The normalized spacial score (nSPS) is 18.1. The van der Waals surface area contributed by atoms with Crippen LogP contribution in [0.5, 0.6) is 5.75 Å². The van der Waals surface area contributed by atoms with Gasteiger partial charge in [0.25, 0.3) is 0 Å². The lowest BCUT2D eigenvalue weighted by molar-refractivity contribution is 0.104. The van der Waals surface area contributed by atoms with Gasteiger partial charge in [-0.25, -0.2) is 8.78 Å². The minimum atomic E-state index is -0.683. The number of ether oxygens (including phenoxy) is 2. The van der Waals surface area contributed by atoms with Crippen molar-refractivity contribution >= 4 is 17.5 Å². The molecule has 0 bridgehead atoms. The number of benzene rings is 2. The Morgan fingerprint density at radius 2 is 1.93 bits per heavy atom. The number of Topliss-reactive ketones (excluding diaryl/α,β-unsaturated/α-hetero) is 1. The van der Waals surface area contributed by atoms with Crippen LogP contribution in [0.15, 0.2) is 35.9 Å². The van der Waals surface area contributed by atoms with Gasteiger partial charge in [0.05, 0.1) is 26.0 Å². The lowest BCUT2D eigenvalue weighted by Crippen LogP contribution is -2.36. The van der Waals surface area contributed by atoms with Gasteiger partial charge in [0, 0.05) is 42.3 Å². The first kappa shape index (κ1) is 17.7. The number of nitrogens with zero attached hydrogens (tertiary/aromatic N) is 1. The van der Waals surface area contributed by atoms with Crippen molar-refractivity contribution in [2.24, 2.45) is 0 Å². The topological polar surface area (TPSA) is 38.8 Å². The zero-order valence-electron chi connectivity index (χ0n) is 14.9. The van der Waals surface area contributed by atoms with Crippen molar-refractivity contribution in [3.8, 4) is 5.75 Å². The number of hydrogen-bond acceptors (Lipinski definition) is 4. The van der Waals surface area contributed by atoms with E-state index < -0.39 is 11.6 Å². The number of halogens is 2. The second-order valence-electron chi connectivity index (χ2n) is 6.62. The number of hydrogen-bond donors (Lipinski definition) is 0. The van der Waals surface area contributed by atoms with Crippen LogP contribution in [0.1, 0.15) is 21.5 Å². The molecular formula is C21H19F2NO3. The molecule has 1 heterocycles. The summed E-state index contributed by atoms with van der Waals surface area (Å²) in [6.45, 7) is 2.81. The molecule has 6 heteroatoms. The fourth-order valence-corrected chi connectivity index (χ4v) is 3.57. The summed E-state index contributed by atoms with van der Waals surface area (Å²) in [5.74, 6) is -0.841. The zero-order valence-corrected chi connectivity index (χ0v) is 14.9. The Kier molecular flexibility index (Phi) is 4.66. The lowest BCUT2D eigenvalue weighted by Gasteiger charge is -2.30. The van der Waals surface area contributed by atoms with Crippen LogP contribution in [0, 0.1) is 11.6 Å². The smallest absolute Gasteiger partial charge is 0.189 e. The van der Waals surface area contributed by atoms with Crippen LogP contribution in [-0.4, -0.2) is 39.2 Å². The molecule has 1 saturated heterocycles. The van der Waals surface area contributed by atoms with Crippen LogP contribution >= 0.6 is 0 Å². The van der Waals surface area contributed by atoms with Crippen molar-refractivity contribution in [2.45, 2.75) is 6.42 Å². The van der Waals surface area contributed by atoms with E-state index in [1.807, 2.05) is 6.07 Å². The highest BCUT2D eigenvalue weighted by molar-refractivity contribution is 6.16. The van der Waals surface area contributed by atoms with Crippen molar-refractivity contribution in [1.82, 2.24) is 0 Å². The van der Waals surface area contributed by atoms with Gasteiger partial charge in [-0.3, -0.25) is 4.79 Å². The van der Waals surface area contributed by atoms with Crippen molar-refractivity contribution in [2.75, 3.05) is 38.3 Å². The van der Waals surface area contributed by atoms with E-state index in [1.54, 1.807) is 13.2 Å². The number of morpholine rings is 1. The predicted octanol–water partition coefficient (Wildman–Crippen LogP) is 3.63. The van der Waals surface area contributed by atoms with Crippen LogP contribution < -0.4 is 9.64 Å². The number of rotatable bonds is 3. The summed E-state index contributed by atoms with van der Waals surface area (Å²) in [6, 6.07) is 7.07. The van der Waals surface area contributed by atoms with Crippen molar-refractivity contribution in [1.29, 1.82) is 0 Å². The quantitative estimate of drug-likeness (QED) is 0.773.